The van der Waals surface area contributed by atoms with E-state index in [1.807, 2.05) is 11.8 Å². The maximum Gasteiger partial charge on any atom is 1.00 e. The van der Waals surface area contributed by atoms with Crippen LogP contribution in [0.4, 0.5) is 0 Å². The van der Waals surface area contributed by atoms with Crippen LogP contribution in [0.1, 0.15) is 5.56 Å². The molecular weight excluding hydrogens is 135 g/mol. The molecule has 0 nitrogen and oxygen atoms in total. The van der Waals surface area contributed by atoms with Gasteiger partial charge in [0.25, 0.3) is 0 Å². The Morgan fingerprint density at radius 3 is 2.90 bits per heavy atom. The van der Waals surface area contributed by atoms with Crippen molar-refractivity contribution in [3.8, 4) is 0 Å². The molecule has 0 aliphatic carbocycles. The maximum absolute atomic E-state index is 2.24. The van der Waals surface area contributed by atoms with Gasteiger partial charge in [-0.25, -0.2) is 0 Å². The second-order valence-corrected chi connectivity index (χ2v) is 3.11. The van der Waals surface area contributed by atoms with Crippen LogP contribution in [-0.4, -0.2) is 0 Å². The Morgan fingerprint density at radius 2 is 2.10 bits per heavy atom. The predicted molar refractivity (Wildman–Crippen MR) is 40.3 cm³/mol. The van der Waals surface area contributed by atoms with Gasteiger partial charge in [0.15, 0.2) is 0 Å². The number of benzene rings is 1. The molecule has 2 rings (SSSR count). The summed E-state index contributed by atoms with van der Waals surface area (Å²) < 4.78 is 0. The largest absolute Gasteiger partial charge is 1.00 e. The van der Waals surface area contributed by atoms with E-state index in [2.05, 4.69) is 30.0 Å². The van der Waals surface area contributed by atoms with Crippen molar-refractivity contribution in [3.05, 3.63) is 35.6 Å². The van der Waals surface area contributed by atoms with Gasteiger partial charge in [-0.3, -0.25) is 5.75 Å². The molecular formula is C8H7LiS. The zero-order chi connectivity index (χ0) is 6.10. The molecule has 10 heavy (non-hydrogen) atoms. The second kappa shape index (κ2) is 3.53. The first-order valence-electron chi connectivity index (χ1n) is 3.03. The minimum absolute atomic E-state index is 0. The Bertz CT molecular complexity index is 199. The molecule has 0 spiro atoms. The summed E-state index contributed by atoms with van der Waals surface area (Å²) >= 11 is 1.84. The zero-order valence-corrected chi connectivity index (χ0v) is 6.82. The van der Waals surface area contributed by atoms with E-state index in [-0.39, 0.29) is 18.9 Å². The molecule has 1 aliphatic heterocycles. The first-order chi connectivity index (χ1) is 4.47. The third-order valence-electron chi connectivity index (χ3n) is 1.49. The molecule has 1 aromatic rings. The standard InChI is InChI=1S/C8H7S.Li/c1-2-4-8-7(3-1)5-6-9-8;/h1-4,6H,5H2;/q-1;+1. The number of thioether (sulfide) groups is 1. The Labute approximate surface area is 77.6 Å². The Hall–Kier alpha value is 0.167. The molecule has 0 atom stereocenters. The Morgan fingerprint density at radius 1 is 1.30 bits per heavy atom. The van der Waals surface area contributed by atoms with Crippen molar-refractivity contribution >= 4 is 11.8 Å². The van der Waals surface area contributed by atoms with E-state index in [0.717, 1.165) is 6.42 Å². The first kappa shape index (κ1) is 8.27. The van der Waals surface area contributed by atoms with Gasteiger partial charge in [-0.05, 0) is 4.90 Å². The van der Waals surface area contributed by atoms with E-state index >= 15 is 0 Å². The average Bonchev–Trinajstić information content (AvgIpc) is 2.33. The van der Waals surface area contributed by atoms with Crippen LogP contribution < -0.4 is 18.9 Å². The van der Waals surface area contributed by atoms with Crippen LogP contribution in [0.3, 0.4) is 0 Å². The second-order valence-electron chi connectivity index (χ2n) is 2.10. The number of rotatable bonds is 0. The van der Waals surface area contributed by atoms with Gasteiger partial charge >= 0.3 is 18.9 Å². The Balaban J connectivity index is 0.000000500. The van der Waals surface area contributed by atoms with Crippen molar-refractivity contribution in [3.63, 3.8) is 0 Å². The summed E-state index contributed by atoms with van der Waals surface area (Å²) in [5.41, 5.74) is 1.47. The summed E-state index contributed by atoms with van der Waals surface area (Å²) in [6.07, 6.45) is 1.14. The number of hydrogen-bond donors (Lipinski definition) is 0. The minimum atomic E-state index is 0. The van der Waals surface area contributed by atoms with Gasteiger partial charge in [0.2, 0.25) is 0 Å². The monoisotopic (exact) mass is 142 g/mol. The van der Waals surface area contributed by atoms with Gasteiger partial charge < -0.3 is 11.8 Å². The summed E-state index contributed by atoms with van der Waals surface area (Å²) in [7, 11) is 0. The van der Waals surface area contributed by atoms with Crippen molar-refractivity contribution in [2.24, 2.45) is 0 Å². The third kappa shape index (κ3) is 1.42. The summed E-state index contributed by atoms with van der Waals surface area (Å²) in [5.74, 6) is 2.24. The molecule has 1 heterocycles. The van der Waals surface area contributed by atoms with Crippen LogP contribution in [0.25, 0.3) is 0 Å². The normalized spacial score (nSPS) is 14.0. The van der Waals surface area contributed by atoms with E-state index in [1.54, 1.807) is 0 Å². The average molecular weight is 142 g/mol. The first-order valence-corrected chi connectivity index (χ1v) is 3.91. The van der Waals surface area contributed by atoms with Crippen molar-refractivity contribution in [2.45, 2.75) is 11.3 Å². The molecule has 0 amide bonds. The van der Waals surface area contributed by atoms with Gasteiger partial charge in [-0.2, -0.15) is 0 Å². The topological polar surface area (TPSA) is 0 Å². The molecule has 2 heteroatoms. The molecule has 0 fully saturated rings. The molecule has 0 unspecified atom stereocenters. The van der Waals surface area contributed by atoms with E-state index < -0.39 is 0 Å². The van der Waals surface area contributed by atoms with Crippen LogP contribution in [0.2, 0.25) is 0 Å². The van der Waals surface area contributed by atoms with Gasteiger partial charge in [0.05, 0.1) is 0 Å². The van der Waals surface area contributed by atoms with Gasteiger partial charge in [-0.15, -0.1) is 6.42 Å². The fraction of sp³-hybridized carbons (Fsp3) is 0.125. The Kier molecular flexibility index (Phi) is 2.92. The SMILES string of the molecule is [Li+].c1ccc2c(c1)C[CH-]S2. The third-order valence-corrected chi connectivity index (χ3v) is 2.47. The number of fused-ring (bicyclic) bond motifs is 1. The summed E-state index contributed by atoms with van der Waals surface area (Å²) in [6.45, 7) is 0. The van der Waals surface area contributed by atoms with Crippen LogP contribution >= 0.6 is 11.8 Å². The molecule has 0 N–H and O–H groups in total. The van der Waals surface area contributed by atoms with E-state index in [1.165, 1.54) is 10.5 Å². The van der Waals surface area contributed by atoms with Crippen LogP contribution in [0, 0.1) is 5.75 Å². The molecule has 0 saturated heterocycles. The van der Waals surface area contributed by atoms with E-state index in [0.29, 0.717) is 0 Å². The van der Waals surface area contributed by atoms with Crippen molar-refractivity contribution in [1.29, 1.82) is 0 Å². The van der Waals surface area contributed by atoms with E-state index in [9.17, 15) is 0 Å². The van der Waals surface area contributed by atoms with Gasteiger partial charge in [0, 0.05) is 0 Å². The fourth-order valence-corrected chi connectivity index (χ4v) is 1.91. The van der Waals surface area contributed by atoms with E-state index in [4.69, 9.17) is 0 Å². The van der Waals surface area contributed by atoms with Crippen LogP contribution in [0.5, 0.6) is 0 Å². The van der Waals surface area contributed by atoms with Crippen molar-refractivity contribution in [2.75, 3.05) is 0 Å². The quantitative estimate of drug-likeness (QED) is 0.347. The van der Waals surface area contributed by atoms with Crippen molar-refractivity contribution in [1.82, 2.24) is 0 Å². The van der Waals surface area contributed by atoms with Crippen LogP contribution in [-0.2, 0) is 6.42 Å². The van der Waals surface area contributed by atoms with Crippen molar-refractivity contribution < 1.29 is 18.9 Å². The fourth-order valence-electron chi connectivity index (χ4n) is 1.01. The summed E-state index contributed by atoms with van der Waals surface area (Å²) in [5, 5.41) is 0. The minimum Gasteiger partial charge on any atom is -0.316 e. The maximum atomic E-state index is 2.24. The molecule has 0 bridgehead atoms. The molecule has 0 saturated carbocycles. The van der Waals surface area contributed by atoms with Gasteiger partial charge in [0.1, 0.15) is 0 Å². The summed E-state index contributed by atoms with van der Waals surface area (Å²) in [4.78, 5) is 1.43. The molecule has 46 valence electrons. The zero-order valence-electron chi connectivity index (χ0n) is 6.00. The van der Waals surface area contributed by atoms with Gasteiger partial charge in [-0.1, -0.05) is 29.8 Å². The predicted octanol–water partition coefficient (Wildman–Crippen LogP) is -0.499. The molecule has 1 aliphatic rings. The molecule has 0 aromatic heterocycles. The number of hydrogen-bond acceptors (Lipinski definition) is 1. The molecule has 0 radical (unpaired) electrons. The van der Waals surface area contributed by atoms with Crippen LogP contribution in [0.15, 0.2) is 29.2 Å². The smallest absolute Gasteiger partial charge is 0.316 e. The molecule has 1 aromatic carbocycles. The summed E-state index contributed by atoms with van der Waals surface area (Å²) in [6, 6.07) is 8.54.